The number of halogens is 1. The number of hydrogen-bond donors (Lipinski definition) is 0. The van der Waals surface area contributed by atoms with Crippen molar-refractivity contribution in [2.75, 3.05) is 18.5 Å². The van der Waals surface area contributed by atoms with Gasteiger partial charge >= 0.3 is 0 Å². The first-order chi connectivity index (χ1) is 8.72. The van der Waals surface area contributed by atoms with Gasteiger partial charge in [0.05, 0.1) is 6.61 Å². The third kappa shape index (κ3) is 3.22. The number of hydrogen-bond acceptors (Lipinski definition) is 3. The van der Waals surface area contributed by atoms with Gasteiger partial charge in [-0.15, -0.1) is 0 Å². The molecule has 0 N–H and O–H groups in total. The molecule has 1 aromatic heterocycles. The smallest absolute Gasteiger partial charge is 0.223 e. The molecule has 0 radical (unpaired) electrons. The van der Waals surface area contributed by atoms with Gasteiger partial charge in [0.15, 0.2) is 0 Å². The Morgan fingerprint density at radius 1 is 1.56 bits per heavy atom. The molecule has 18 heavy (non-hydrogen) atoms. The number of likely N-dealkylation sites (tertiary alicyclic amines) is 1. The zero-order valence-corrected chi connectivity index (χ0v) is 12.0. The second kappa shape index (κ2) is 6.18. The van der Waals surface area contributed by atoms with E-state index in [1.807, 2.05) is 24.0 Å². The third-order valence-corrected chi connectivity index (χ3v) is 3.89. The third-order valence-electron chi connectivity index (χ3n) is 2.98. The first-order valence-corrected chi connectivity index (χ1v) is 7.26. The van der Waals surface area contributed by atoms with E-state index in [2.05, 4.69) is 20.9 Å². The summed E-state index contributed by atoms with van der Waals surface area (Å²) in [5, 5.41) is 0.886. The van der Waals surface area contributed by atoms with E-state index in [-0.39, 0.29) is 5.91 Å². The zero-order valence-electron chi connectivity index (χ0n) is 10.4. The van der Waals surface area contributed by atoms with Crippen LogP contribution in [0.25, 0.3) is 0 Å². The second-order valence-electron chi connectivity index (χ2n) is 4.44. The molecule has 1 aliphatic heterocycles. The molecule has 98 valence electrons. The Morgan fingerprint density at radius 3 is 2.94 bits per heavy atom. The lowest BCUT2D eigenvalue weighted by molar-refractivity contribution is -0.128. The fourth-order valence-electron chi connectivity index (χ4n) is 2.07. The monoisotopic (exact) mass is 312 g/mol. The van der Waals surface area contributed by atoms with Gasteiger partial charge in [-0.3, -0.25) is 4.79 Å². The molecule has 0 aromatic carbocycles. The summed E-state index contributed by atoms with van der Waals surface area (Å²) >= 11 is 3.44. The summed E-state index contributed by atoms with van der Waals surface area (Å²) in [6, 6.07) is 3.81. The summed E-state index contributed by atoms with van der Waals surface area (Å²) in [7, 11) is 0. The van der Waals surface area contributed by atoms with E-state index in [1.54, 1.807) is 6.20 Å². The molecule has 0 aliphatic carbocycles. The van der Waals surface area contributed by atoms with Crippen LogP contribution in [0.2, 0.25) is 0 Å². The molecule has 1 fully saturated rings. The molecule has 1 unspecified atom stereocenters. The van der Waals surface area contributed by atoms with Crippen molar-refractivity contribution >= 4 is 21.8 Å². The summed E-state index contributed by atoms with van der Waals surface area (Å²) in [6.07, 6.45) is 2.43. The number of ether oxygens (including phenoxy) is 1. The maximum atomic E-state index is 11.8. The molecule has 5 heteroatoms. The highest BCUT2D eigenvalue weighted by Gasteiger charge is 2.28. The van der Waals surface area contributed by atoms with Crippen molar-refractivity contribution in [1.82, 2.24) is 9.88 Å². The number of pyridine rings is 1. The Bertz CT molecular complexity index is 408. The van der Waals surface area contributed by atoms with Crippen molar-refractivity contribution in [2.45, 2.75) is 19.9 Å². The minimum atomic E-state index is 0.230. The molecule has 0 spiro atoms. The molecule has 1 aliphatic rings. The van der Waals surface area contributed by atoms with Crippen LogP contribution in [0.3, 0.4) is 0 Å². The number of aromatic nitrogens is 1. The van der Waals surface area contributed by atoms with Crippen molar-refractivity contribution in [2.24, 2.45) is 5.92 Å². The summed E-state index contributed by atoms with van der Waals surface area (Å²) in [5.74, 6) is 1.30. The molecular weight excluding hydrogens is 296 g/mol. The van der Waals surface area contributed by atoms with Gasteiger partial charge in [0.1, 0.15) is 0 Å². The number of nitrogens with zero attached hydrogens (tertiary/aromatic N) is 2. The molecule has 1 atom stereocenters. The lowest BCUT2D eigenvalue weighted by Crippen LogP contribution is -2.24. The largest absolute Gasteiger partial charge is 0.478 e. The molecule has 1 saturated heterocycles. The highest BCUT2D eigenvalue weighted by Crippen LogP contribution is 2.21. The van der Waals surface area contributed by atoms with Gasteiger partial charge in [-0.2, -0.15) is 0 Å². The van der Waals surface area contributed by atoms with Crippen LogP contribution < -0.4 is 4.74 Å². The maximum absolute atomic E-state index is 11.8. The SMILES string of the molecule is CCOc1ccc(CN2CC(CBr)CC2=O)cn1. The molecular formula is C13H17BrN2O2. The Balaban J connectivity index is 1.95. The number of alkyl halides is 1. The van der Waals surface area contributed by atoms with E-state index in [4.69, 9.17) is 4.74 Å². The van der Waals surface area contributed by atoms with E-state index in [9.17, 15) is 4.79 Å². The van der Waals surface area contributed by atoms with E-state index in [0.717, 1.165) is 17.4 Å². The van der Waals surface area contributed by atoms with Crippen molar-refractivity contribution in [3.05, 3.63) is 23.9 Å². The Labute approximate surface area is 115 Å². The highest BCUT2D eigenvalue weighted by atomic mass is 79.9. The van der Waals surface area contributed by atoms with Crippen molar-refractivity contribution < 1.29 is 9.53 Å². The summed E-state index contributed by atoms with van der Waals surface area (Å²) < 4.78 is 5.29. The lowest BCUT2D eigenvalue weighted by atomic mass is 10.2. The van der Waals surface area contributed by atoms with E-state index < -0.39 is 0 Å². The second-order valence-corrected chi connectivity index (χ2v) is 5.08. The van der Waals surface area contributed by atoms with Gasteiger partial charge in [-0.05, 0) is 18.4 Å². The minimum Gasteiger partial charge on any atom is -0.478 e. The average molecular weight is 313 g/mol. The molecule has 0 bridgehead atoms. The van der Waals surface area contributed by atoms with Gasteiger partial charge in [0, 0.05) is 37.1 Å². The van der Waals surface area contributed by atoms with Gasteiger partial charge in [0.25, 0.3) is 0 Å². The molecule has 1 aromatic rings. The molecule has 2 heterocycles. The van der Waals surface area contributed by atoms with Crippen LogP contribution in [0.5, 0.6) is 5.88 Å². The van der Waals surface area contributed by atoms with Crippen LogP contribution in [-0.4, -0.2) is 34.3 Å². The van der Waals surface area contributed by atoms with Crippen LogP contribution in [0.4, 0.5) is 0 Å². The lowest BCUT2D eigenvalue weighted by Gasteiger charge is -2.16. The predicted molar refractivity (Wildman–Crippen MR) is 72.7 cm³/mol. The van der Waals surface area contributed by atoms with Gasteiger partial charge in [0.2, 0.25) is 11.8 Å². The van der Waals surface area contributed by atoms with E-state index in [0.29, 0.717) is 31.4 Å². The van der Waals surface area contributed by atoms with Crippen molar-refractivity contribution in [3.8, 4) is 5.88 Å². The van der Waals surface area contributed by atoms with Crippen LogP contribution in [0, 0.1) is 5.92 Å². The number of amides is 1. The first-order valence-electron chi connectivity index (χ1n) is 6.14. The van der Waals surface area contributed by atoms with Crippen molar-refractivity contribution in [1.29, 1.82) is 0 Å². The maximum Gasteiger partial charge on any atom is 0.223 e. The quantitative estimate of drug-likeness (QED) is 0.783. The number of rotatable bonds is 5. The molecule has 1 amide bonds. The number of carbonyl (C=O) groups is 1. The Morgan fingerprint density at radius 2 is 2.39 bits per heavy atom. The Hall–Kier alpha value is -1.10. The molecule has 4 nitrogen and oxygen atoms in total. The number of carbonyl (C=O) groups excluding carboxylic acids is 1. The van der Waals surface area contributed by atoms with Crippen LogP contribution in [0.15, 0.2) is 18.3 Å². The zero-order chi connectivity index (χ0) is 13.0. The van der Waals surface area contributed by atoms with E-state index in [1.165, 1.54) is 0 Å². The molecule has 2 rings (SSSR count). The summed E-state index contributed by atoms with van der Waals surface area (Å²) in [5.41, 5.74) is 1.04. The predicted octanol–water partition coefficient (Wildman–Crippen LogP) is 2.22. The van der Waals surface area contributed by atoms with Gasteiger partial charge < -0.3 is 9.64 Å². The van der Waals surface area contributed by atoms with Gasteiger partial charge in [-0.25, -0.2) is 4.98 Å². The fourth-order valence-corrected chi connectivity index (χ4v) is 2.50. The normalized spacial score (nSPS) is 19.3. The van der Waals surface area contributed by atoms with Crippen LogP contribution in [-0.2, 0) is 11.3 Å². The van der Waals surface area contributed by atoms with Gasteiger partial charge in [-0.1, -0.05) is 22.0 Å². The topological polar surface area (TPSA) is 42.4 Å². The molecule has 0 saturated carbocycles. The fraction of sp³-hybridized carbons (Fsp3) is 0.538. The van der Waals surface area contributed by atoms with E-state index >= 15 is 0 Å². The van der Waals surface area contributed by atoms with Crippen molar-refractivity contribution in [3.63, 3.8) is 0 Å². The average Bonchev–Trinajstić information content (AvgIpc) is 2.73. The summed E-state index contributed by atoms with van der Waals surface area (Å²) in [6.45, 7) is 4.02. The highest BCUT2D eigenvalue weighted by molar-refractivity contribution is 9.09. The summed E-state index contributed by atoms with van der Waals surface area (Å²) in [4.78, 5) is 17.9. The van der Waals surface area contributed by atoms with Crippen LogP contribution in [0.1, 0.15) is 18.9 Å². The van der Waals surface area contributed by atoms with Crippen LogP contribution >= 0.6 is 15.9 Å². The minimum absolute atomic E-state index is 0.230. The Kier molecular flexibility index (Phi) is 4.58. The first kappa shape index (κ1) is 13.3. The standard InChI is InChI=1S/C13H17BrN2O2/c1-2-18-12-4-3-10(7-15-12)8-16-9-11(6-14)5-13(16)17/h3-4,7,11H,2,5-6,8-9H2,1H3.